The van der Waals surface area contributed by atoms with Crippen molar-refractivity contribution >= 4 is 16.9 Å². The quantitative estimate of drug-likeness (QED) is 0.667. The van der Waals surface area contributed by atoms with Gasteiger partial charge in [0.25, 0.3) is 0 Å². The number of carbonyl (C=O) groups is 1. The van der Waals surface area contributed by atoms with Crippen LogP contribution in [0.15, 0.2) is 28.7 Å². The summed E-state index contributed by atoms with van der Waals surface area (Å²) >= 11 is 0. The zero-order chi connectivity index (χ0) is 14.3. The van der Waals surface area contributed by atoms with E-state index in [0.717, 1.165) is 16.8 Å². The van der Waals surface area contributed by atoms with Crippen LogP contribution in [0.2, 0.25) is 0 Å². The van der Waals surface area contributed by atoms with Crippen molar-refractivity contribution in [1.82, 2.24) is 15.0 Å². The smallest absolute Gasteiger partial charge is 0.196 e. The number of rotatable bonds is 2. The van der Waals surface area contributed by atoms with Crippen LogP contribution < -0.4 is 0 Å². The van der Waals surface area contributed by atoms with E-state index in [9.17, 15) is 4.79 Å². The Morgan fingerprint density at radius 2 is 1.90 bits per heavy atom. The first-order valence-electron chi connectivity index (χ1n) is 6.27. The molecule has 1 aromatic carbocycles. The Hall–Kier alpha value is -2.56. The summed E-state index contributed by atoms with van der Waals surface area (Å²) in [5, 5.41) is 0. The summed E-state index contributed by atoms with van der Waals surface area (Å²) in [6, 6.07) is 7.51. The van der Waals surface area contributed by atoms with Gasteiger partial charge < -0.3 is 4.42 Å². The van der Waals surface area contributed by atoms with E-state index in [2.05, 4.69) is 15.0 Å². The molecule has 0 amide bonds. The zero-order valence-electron chi connectivity index (χ0n) is 11.5. The number of oxazole rings is 1. The van der Waals surface area contributed by atoms with Crippen LogP contribution in [0, 0.1) is 13.8 Å². The minimum Gasteiger partial charge on any atom is -0.441 e. The SMILES string of the molecule is CC(=O)c1nc(C)cc(-c2ccc3nc(C)oc3c2)n1. The van der Waals surface area contributed by atoms with E-state index in [1.807, 2.05) is 38.1 Å². The molecule has 0 aliphatic heterocycles. The van der Waals surface area contributed by atoms with Gasteiger partial charge >= 0.3 is 0 Å². The highest BCUT2D eigenvalue weighted by atomic mass is 16.3. The lowest BCUT2D eigenvalue weighted by molar-refractivity contribution is 0.100. The fraction of sp³-hybridized carbons (Fsp3) is 0.200. The number of ketones is 1. The molecular weight excluding hydrogens is 254 g/mol. The molecule has 2 aromatic heterocycles. The maximum atomic E-state index is 11.4. The molecule has 0 aliphatic carbocycles. The van der Waals surface area contributed by atoms with Crippen molar-refractivity contribution in [2.75, 3.05) is 0 Å². The molecule has 3 rings (SSSR count). The lowest BCUT2D eigenvalue weighted by atomic mass is 10.1. The molecule has 0 aliphatic rings. The third-order valence-corrected chi connectivity index (χ3v) is 2.96. The summed E-state index contributed by atoms with van der Waals surface area (Å²) in [5.41, 5.74) is 3.86. The maximum absolute atomic E-state index is 11.4. The summed E-state index contributed by atoms with van der Waals surface area (Å²) in [6.07, 6.45) is 0. The average molecular weight is 267 g/mol. The molecule has 0 unspecified atom stereocenters. The normalized spacial score (nSPS) is 10.9. The van der Waals surface area contributed by atoms with Crippen LogP contribution in [-0.2, 0) is 0 Å². The lowest BCUT2D eigenvalue weighted by Crippen LogP contribution is -2.03. The predicted molar refractivity (Wildman–Crippen MR) is 74.5 cm³/mol. The lowest BCUT2D eigenvalue weighted by Gasteiger charge is -2.04. The van der Waals surface area contributed by atoms with Gasteiger partial charge in [-0.15, -0.1) is 0 Å². The molecule has 0 saturated carbocycles. The fourth-order valence-corrected chi connectivity index (χ4v) is 2.07. The van der Waals surface area contributed by atoms with Crippen molar-refractivity contribution in [3.63, 3.8) is 0 Å². The van der Waals surface area contributed by atoms with E-state index in [0.29, 0.717) is 17.2 Å². The highest BCUT2D eigenvalue weighted by molar-refractivity contribution is 5.91. The number of aryl methyl sites for hydroxylation is 2. The van der Waals surface area contributed by atoms with Crippen molar-refractivity contribution in [2.45, 2.75) is 20.8 Å². The maximum Gasteiger partial charge on any atom is 0.196 e. The second-order valence-corrected chi connectivity index (χ2v) is 4.69. The van der Waals surface area contributed by atoms with Gasteiger partial charge in [-0.25, -0.2) is 15.0 Å². The Kier molecular flexibility index (Phi) is 2.82. The molecule has 5 heteroatoms. The molecule has 0 spiro atoms. The van der Waals surface area contributed by atoms with Crippen LogP contribution >= 0.6 is 0 Å². The highest BCUT2D eigenvalue weighted by Crippen LogP contribution is 2.24. The molecule has 0 atom stereocenters. The summed E-state index contributed by atoms with van der Waals surface area (Å²) < 4.78 is 5.52. The van der Waals surface area contributed by atoms with Crippen molar-refractivity contribution in [3.05, 3.63) is 41.7 Å². The third-order valence-electron chi connectivity index (χ3n) is 2.96. The summed E-state index contributed by atoms with van der Waals surface area (Å²) in [4.78, 5) is 24.1. The fourth-order valence-electron chi connectivity index (χ4n) is 2.07. The van der Waals surface area contributed by atoms with E-state index < -0.39 is 0 Å². The largest absolute Gasteiger partial charge is 0.441 e. The Bertz CT molecular complexity index is 821. The monoisotopic (exact) mass is 267 g/mol. The van der Waals surface area contributed by atoms with Gasteiger partial charge in [-0.2, -0.15) is 0 Å². The summed E-state index contributed by atoms with van der Waals surface area (Å²) in [6.45, 7) is 5.11. The van der Waals surface area contributed by atoms with E-state index in [1.165, 1.54) is 6.92 Å². The van der Waals surface area contributed by atoms with Gasteiger partial charge in [0.1, 0.15) is 5.52 Å². The Morgan fingerprint density at radius 1 is 1.10 bits per heavy atom. The molecule has 0 N–H and O–H groups in total. The molecule has 100 valence electrons. The van der Waals surface area contributed by atoms with Crippen molar-refractivity contribution in [3.8, 4) is 11.3 Å². The number of fused-ring (bicyclic) bond motifs is 1. The van der Waals surface area contributed by atoms with Gasteiger partial charge in [0, 0.05) is 25.1 Å². The molecule has 20 heavy (non-hydrogen) atoms. The van der Waals surface area contributed by atoms with Gasteiger partial charge in [-0.3, -0.25) is 4.79 Å². The molecular formula is C15H13N3O2. The van der Waals surface area contributed by atoms with Crippen molar-refractivity contribution in [1.29, 1.82) is 0 Å². The molecule has 0 bridgehead atoms. The number of benzene rings is 1. The number of hydrogen-bond donors (Lipinski definition) is 0. The van der Waals surface area contributed by atoms with Gasteiger partial charge in [-0.05, 0) is 25.1 Å². The molecule has 3 aromatic rings. The minimum atomic E-state index is -0.147. The molecule has 0 fully saturated rings. The van der Waals surface area contributed by atoms with Gasteiger partial charge in [0.15, 0.2) is 23.1 Å². The predicted octanol–water partition coefficient (Wildman–Crippen LogP) is 3.10. The standard InChI is InChI=1S/C15H13N3O2/c1-8-6-13(18-15(16-8)9(2)19)11-4-5-12-14(7-11)20-10(3)17-12/h4-7H,1-3H3. The number of nitrogens with zero attached hydrogens (tertiary/aromatic N) is 3. The van der Waals surface area contributed by atoms with Crippen LogP contribution in [0.5, 0.6) is 0 Å². The summed E-state index contributed by atoms with van der Waals surface area (Å²) in [7, 11) is 0. The van der Waals surface area contributed by atoms with Gasteiger partial charge in [-0.1, -0.05) is 6.07 Å². The number of hydrogen-bond acceptors (Lipinski definition) is 5. The van der Waals surface area contributed by atoms with E-state index >= 15 is 0 Å². The second-order valence-electron chi connectivity index (χ2n) is 4.69. The number of Topliss-reactive ketones (excluding diaryl/α,β-unsaturated/α-hetero) is 1. The highest BCUT2D eigenvalue weighted by Gasteiger charge is 2.10. The second kappa shape index (κ2) is 4.52. The van der Waals surface area contributed by atoms with E-state index in [4.69, 9.17) is 4.42 Å². The van der Waals surface area contributed by atoms with E-state index in [-0.39, 0.29) is 11.6 Å². The first-order chi connectivity index (χ1) is 9.52. The number of carbonyl (C=O) groups excluding carboxylic acids is 1. The third kappa shape index (κ3) is 2.18. The van der Waals surface area contributed by atoms with Crippen LogP contribution in [0.4, 0.5) is 0 Å². The Labute approximate surface area is 115 Å². The van der Waals surface area contributed by atoms with Crippen LogP contribution in [0.3, 0.4) is 0 Å². The molecule has 0 radical (unpaired) electrons. The molecule has 2 heterocycles. The summed E-state index contributed by atoms with van der Waals surface area (Å²) in [5.74, 6) is 0.709. The zero-order valence-corrected chi connectivity index (χ0v) is 11.5. The van der Waals surface area contributed by atoms with Crippen molar-refractivity contribution in [2.24, 2.45) is 0 Å². The Balaban J connectivity index is 2.16. The van der Waals surface area contributed by atoms with Crippen LogP contribution in [-0.4, -0.2) is 20.7 Å². The first kappa shape index (κ1) is 12.5. The molecule has 5 nitrogen and oxygen atoms in total. The van der Waals surface area contributed by atoms with Crippen LogP contribution in [0.25, 0.3) is 22.4 Å². The minimum absolute atomic E-state index is 0.147. The van der Waals surface area contributed by atoms with Gasteiger partial charge in [0.2, 0.25) is 0 Å². The van der Waals surface area contributed by atoms with Gasteiger partial charge in [0.05, 0.1) is 5.69 Å². The number of aromatic nitrogens is 3. The topological polar surface area (TPSA) is 68.9 Å². The first-order valence-corrected chi connectivity index (χ1v) is 6.27. The van der Waals surface area contributed by atoms with E-state index in [1.54, 1.807) is 0 Å². The van der Waals surface area contributed by atoms with Crippen LogP contribution in [0.1, 0.15) is 29.1 Å². The van der Waals surface area contributed by atoms with Crippen molar-refractivity contribution < 1.29 is 9.21 Å². The Morgan fingerprint density at radius 3 is 2.65 bits per heavy atom. The molecule has 0 saturated heterocycles. The average Bonchev–Trinajstić information content (AvgIpc) is 2.76.